The molecule has 0 bridgehead atoms. The molecule has 0 aromatic heterocycles. The molecule has 400 valence electrons. The summed E-state index contributed by atoms with van der Waals surface area (Å²) in [5.74, 6) is -3.42. The molecule has 0 saturated carbocycles. The van der Waals surface area contributed by atoms with Crippen molar-refractivity contribution in [3.05, 3.63) is 0 Å². The lowest BCUT2D eigenvalue weighted by atomic mass is 9.73. The van der Waals surface area contributed by atoms with Crippen LogP contribution in [0.3, 0.4) is 0 Å². The summed E-state index contributed by atoms with van der Waals surface area (Å²) in [5, 5.41) is 45.5. The first kappa shape index (κ1) is 57.6. The van der Waals surface area contributed by atoms with Gasteiger partial charge in [0.2, 0.25) is 0 Å². The smallest absolute Gasteiger partial charge is 0.458 e. The molecule has 0 aromatic rings. The number of hydrogen-bond donors (Lipinski definition) is 4. The molecule has 0 spiro atoms. The second-order valence-corrected chi connectivity index (χ2v) is 21.9. The third-order valence-electron chi connectivity index (χ3n) is 16.3. The Morgan fingerprint density at radius 3 is 2.13 bits per heavy atom. The van der Waals surface area contributed by atoms with E-state index in [2.05, 4.69) is 29.0 Å². The quantitative estimate of drug-likeness (QED) is 0.121. The molecule has 0 aliphatic carbocycles. The normalized spacial score (nSPS) is 43.5. The van der Waals surface area contributed by atoms with E-state index in [1.807, 2.05) is 67.6 Å². The van der Waals surface area contributed by atoms with Crippen molar-refractivity contribution >= 4 is 17.8 Å². The number of fused-ring (bicyclic) bond motifs is 1. The fraction of sp³-hybridized carbons (Fsp3) is 0.940. The predicted octanol–water partition coefficient (Wildman–Crippen LogP) is 3.63. The topological polar surface area (TPSA) is 212 Å². The van der Waals surface area contributed by atoms with Gasteiger partial charge in [0, 0.05) is 76.0 Å². The van der Waals surface area contributed by atoms with Gasteiger partial charge in [-0.1, -0.05) is 46.7 Å². The van der Waals surface area contributed by atoms with E-state index in [1.165, 1.54) is 0 Å². The lowest BCUT2D eigenvalue weighted by Gasteiger charge is -2.54. The Hall–Kier alpha value is -2.27. The van der Waals surface area contributed by atoms with Crippen LogP contribution in [0.5, 0.6) is 0 Å². The highest BCUT2D eigenvalue weighted by Crippen LogP contribution is 2.45. The SMILES string of the molecule is CC[C@H]1OC(=O)[C@H](C)[C@@H](O[C@H]2C[C@@](C)(OC)[C@@](O)(CN(C)CCN(CC)CC)[C@H](C)O2)[C@H](C)[C@@H](O[C@@H]2O[C@H](C)C[C@H](N(C)C)[C@H]2O)[C@@](C)(O)C[C@@H](C)/C(=N\OCC2CNC2)[C@H](C)[C@H]2OC(=O)O[C@@]21C. The summed E-state index contributed by atoms with van der Waals surface area (Å²) in [6.07, 6.45) is -8.58. The van der Waals surface area contributed by atoms with E-state index in [1.54, 1.807) is 34.8 Å². The van der Waals surface area contributed by atoms with Gasteiger partial charge in [-0.05, 0) is 95.0 Å². The number of nitrogens with one attached hydrogen (secondary N) is 1. The molecule has 4 N–H and O–H groups in total. The van der Waals surface area contributed by atoms with Crippen LogP contribution in [0, 0.1) is 29.6 Å². The van der Waals surface area contributed by atoms with Gasteiger partial charge in [-0.2, -0.15) is 0 Å². The first-order valence-corrected chi connectivity index (χ1v) is 25.7. The van der Waals surface area contributed by atoms with Crippen LogP contribution in [-0.2, 0) is 47.5 Å². The molecule has 5 fully saturated rings. The Morgan fingerprint density at radius 1 is 0.884 bits per heavy atom. The molecule has 5 rings (SSSR count). The lowest BCUT2D eigenvalue weighted by molar-refractivity contribution is -0.339. The van der Waals surface area contributed by atoms with Crippen LogP contribution in [0.2, 0.25) is 0 Å². The number of nitrogens with zero attached hydrogens (tertiary/aromatic N) is 4. The van der Waals surface area contributed by atoms with Gasteiger partial charge < -0.3 is 78.1 Å². The maximum atomic E-state index is 14.9. The summed E-state index contributed by atoms with van der Waals surface area (Å²) < 4.78 is 51.5. The van der Waals surface area contributed by atoms with Gasteiger partial charge in [0.1, 0.15) is 30.0 Å². The summed E-state index contributed by atoms with van der Waals surface area (Å²) in [7, 11) is 7.31. The van der Waals surface area contributed by atoms with Crippen LogP contribution in [-0.4, -0.2) is 212 Å². The third-order valence-corrected chi connectivity index (χ3v) is 16.3. The minimum atomic E-state index is -1.74. The Kier molecular flexibility index (Phi) is 19.8. The van der Waals surface area contributed by atoms with E-state index < -0.39 is 107 Å². The third kappa shape index (κ3) is 12.7. The van der Waals surface area contributed by atoms with Gasteiger partial charge in [0.05, 0.1) is 41.6 Å². The lowest BCUT2D eigenvalue weighted by Crippen LogP contribution is -2.70. The molecule has 0 amide bonds. The Labute approximate surface area is 412 Å². The predicted molar refractivity (Wildman–Crippen MR) is 258 cm³/mol. The standard InChI is InChI=1S/C50H91N5O14/c1-17-37-49(12)43(68-46(58)69-49)31(6)39(52-62-27-35-25-51-26-35)29(4)23-47(10,59)42(67-45-40(56)36(53(13)14)22-30(5)63-45)32(7)41(33(8)44(57)65-37)66-38-24-48(11,61-16)50(60,34(9)64-38)28-54(15)20-21-55(18-2)19-3/h29-38,40-43,45,51,56,59-60H,17-28H2,1-16H3/b52-39+/t29-,30-,31+,32+,33-,34+,36+,37-,38+,40-,41+,42-,43-,45+,47+,48-,49-,50-/m1/s1. The van der Waals surface area contributed by atoms with Crippen LogP contribution in [0.25, 0.3) is 0 Å². The number of hydrogen-bond acceptors (Lipinski definition) is 19. The fourth-order valence-electron chi connectivity index (χ4n) is 11.6. The van der Waals surface area contributed by atoms with Crippen molar-refractivity contribution in [1.29, 1.82) is 0 Å². The second kappa shape index (κ2) is 23.7. The van der Waals surface area contributed by atoms with E-state index >= 15 is 0 Å². The summed E-state index contributed by atoms with van der Waals surface area (Å²) >= 11 is 0. The molecule has 0 unspecified atom stereocenters. The zero-order valence-corrected chi connectivity index (χ0v) is 44.8. The van der Waals surface area contributed by atoms with Gasteiger partial charge in [-0.3, -0.25) is 4.79 Å². The first-order valence-electron chi connectivity index (χ1n) is 25.7. The number of esters is 1. The minimum absolute atomic E-state index is 0.0452. The van der Waals surface area contributed by atoms with Gasteiger partial charge in [0.25, 0.3) is 0 Å². The molecule has 19 heteroatoms. The number of methoxy groups -OCH3 is 1. The number of carbonyl (C=O) groups excluding carboxylic acids is 2. The minimum Gasteiger partial charge on any atom is -0.458 e. The van der Waals surface area contributed by atoms with Crippen molar-refractivity contribution in [2.45, 2.75) is 193 Å². The summed E-state index contributed by atoms with van der Waals surface area (Å²) in [4.78, 5) is 40.4. The maximum absolute atomic E-state index is 14.9. The molecule has 5 saturated heterocycles. The molecular formula is C50H91N5O14. The van der Waals surface area contributed by atoms with Crippen molar-refractivity contribution in [3.63, 3.8) is 0 Å². The van der Waals surface area contributed by atoms with Crippen LogP contribution in [0.1, 0.15) is 109 Å². The number of ether oxygens (including phenoxy) is 8. The highest BCUT2D eigenvalue weighted by atomic mass is 16.8. The highest BCUT2D eigenvalue weighted by molar-refractivity contribution is 5.89. The Bertz CT molecular complexity index is 1700. The van der Waals surface area contributed by atoms with Gasteiger partial charge in [0.15, 0.2) is 24.3 Å². The summed E-state index contributed by atoms with van der Waals surface area (Å²) in [6.45, 7) is 27.9. The van der Waals surface area contributed by atoms with E-state index in [4.69, 9.17) is 47.9 Å². The summed E-state index contributed by atoms with van der Waals surface area (Å²) in [6, 6.07) is -0.324. The van der Waals surface area contributed by atoms with E-state index in [9.17, 15) is 24.9 Å². The molecule has 0 radical (unpaired) electrons. The number of carbonyl (C=O) groups is 2. The molecule has 0 aromatic carbocycles. The fourth-order valence-corrected chi connectivity index (χ4v) is 11.6. The monoisotopic (exact) mass is 986 g/mol. The van der Waals surface area contributed by atoms with Crippen molar-refractivity contribution in [3.8, 4) is 0 Å². The Balaban J connectivity index is 1.59. The van der Waals surface area contributed by atoms with Crippen LogP contribution >= 0.6 is 0 Å². The molecule has 18 atom stereocenters. The van der Waals surface area contributed by atoms with Crippen molar-refractivity contribution in [2.24, 2.45) is 34.7 Å². The number of likely N-dealkylation sites (N-methyl/N-ethyl adjacent to an activating group) is 3. The zero-order valence-electron chi connectivity index (χ0n) is 44.8. The average Bonchev–Trinajstić information content (AvgIpc) is 3.58. The molecule has 19 nitrogen and oxygen atoms in total. The average molecular weight is 986 g/mol. The number of rotatable bonds is 17. The number of cyclic esters (lactones) is 1. The van der Waals surface area contributed by atoms with Crippen LogP contribution in [0.15, 0.2) is 5.16 Å². The number of aliphatic hydroxyl groups excluding tert-OH is 1. The van der Waals surface area contributed by atoms with Gasteiger partial charge in [-0.25, -0.2) is 4.79 Å². The van der Waals surface area contributed by atoms with Crippen molar-refractivity contribution in [1.82, 2.24) is 20.0 Å². The first-order chi connectivity index (χ1) is 32.3. The highest BCUT2D eigenvalue weighted by Gasteiger charge is 2.61. The van der Waals surface area contributed by atoms with Crippen LogP contribution < -0.4 is 5.32 Å². The van der Waals surface area contributed by atoms with Crippen molar-refractivity contribution < 1.29 is 67.6 Å². The molecule has 5 aliphatic heterocycles. The van der Waals surface area contributed by atoms with E-state index in [0.29, 0.717) is 25.3 Å². The zero-order chi connectivity index (χ0) is 51.4. The molecule has 5 heterocycles. The summed E-state index contributed by atoms with van der Waals surface area (Å²) in [5.41, 5.74) is -5.34. The van der Waals surface area contributed by atoms with Crippen molar-refractivity contribution in [2.75, 3.05) is 80.7 Å². The van der Waals surface area contributed by atoms with E-state index in [0.717, 1.165) is 32.7 Å². The van der Waals surface area contributed by atoms with Gasteiger partial charge in [-0.15, -0.1) is 0 Å². The molecule has 5 aliphatic rings. The number of oxime groups is 1. The van der Waals surface area contributed by atoms with Gasteiger partial charge >= 0.3 is 12.1 Å². The van der Waals surface area contributed by atoms with E-state index in [-0.39, 0.29) is 43.9 Å². The maximum Gasteiger partial charge on any atom is 0.509 e. The Morgan fingerprint density at radius 2 is 1.55 bits per heavy atom. The molecule has 69 heavy (non-hydrogen) atoms. The number of aliphatic hydroxyl groups is 3. The largest absolute Gasteiger partial charge is 0.509 e. The van der Waals surface area contributed by atoms with Crippen LogP contribution in [0.4, 0.5) is 4.79 Å². The molecular weight excluding hydrogens is 895 g/mol. The second-order valence-electron chi connectivity index (χ2n) is 21.9.